The highest BCUT2D eigenvalue weighted by molar-refractivity contribution is 7.18. The molecule has 0 radical (unpaired) electrons. The van der Waals surface area contributed by atoms with Gasteiger partial charge in [-0.25, -0.2) is 9.97 Å². The third-order valence-electron chi connectivity index (χ3n) is 5.77. The fourth-order valence-electron chi connectivity index (χ4n) is 4.19. The van der Waals surface area contributed by atoms with Gasteiger partial charge in [0.2, 0.25) is 0 Å². The van der Waals surface area contributed by atoms with E-state index < -0.39 is 0 Å². The quantitative estimate of drug-likeness (QED) is 0.799. The van der Waals surface area contributed by atoms with E-state index in [9.17, 15) is 0 Å². The van der Waals surface area contributed by atoms with Crippen LogP contribution in [0.5, 0.6) is 0 Å². The first-order valence-corrected chi connectivity index (χ1v) is 10.4. The van der Waals surface area contributed by atoms with E-state index in [0.29, 0.717) is 0 Å². The molecule has 2 aliphatic rings. The van der Waals surface area contributed by atoms with E-state index in [0.717, 1.165) is 38.0 Å². The molecule has 2 aromatic heterocycles. The summed E-state index contributed by atoms with van der Waals surface area (Å²) in [6.45, 7) is 10.0. The van der Waals surface area contributed by atoms with Crippen LogP contribution in [0.15, 0.2) is 6.07 Å². The Morgan fingerprint density at radius 3 is 2.80 bits per heavy atom. The lowest BCUT2D eigenvalue weighted by atomic mass is 9.88. The van der Waals surface area contributed by atoms with Crippen molar-refractivity contribution in [2.75, 3.05) is 19.8 Å². The van der Waals surface area contributed by atoms with Crippen molar-refractivity contribution in [3.63, 3.8) is 0 Å². The summed E-state index contributed by atoms with van der Waals surface area (Å²) in [6.07, 6.45) is 6.82. The van der Waals surface area contributed by atoms with Crippen LogP contribution in [0.2, 0.25) is 0 Å². The summed E-state index contributed by atoms with van der Waals surface area (Å²) in [4.78, 5) is 14.8. The monoisotopic (exact) mass is 359 g/mol. The molecule has 0 atom stereocenters. The summed E-state index contributed by atoms with van der Waals surface area (Å²) < 4.78 is 5.67. The van der Waals surface area contributed by atoms with E-state index in [-0.39, 0.29) is 5.54 Å². The zero-order chi connectivity index (χ0) is 17.4. The first kappa shape index (κ1) is 17.4. The molecule has 3 heterocycles. The number of hydrogen-bond acceptors (Lipinski definition) is 5. The highest BCUT2D eigenvalue weighted by Crippen LogP contribution is 2.39. The molecular weight excluding hydrogens is 330 g/mol. The van der Waals surface area contributed by atoms with Crippen molar-refractivity contribution in [3.05, 3.63) is 22.5 Å². The zero-order valence-electron chi connectivity index (χ0n) is 15.7. The largest absolute Gasteiger partial charge is 0.378 e. The van der Waals surface area contributed by atoms with Gasteiger partial charge in [-0.3, -0.25) is 4.90 Å². The highest BCUT2D eigenvalue weighted by Gasteiger charge is 2.31. The van der Waals surface area contributed by atoms with Crippen molar-refractivity contribution in [1.82, 2.24) is 14.9 Å². The third-order valence-corrected chi connectivity index (χ3v) is 6.96. The van der Waals surface area contributed by atoms with Crippen molar-refractivity contribution in [2.24, 2.45) is 0 Å². The number of morpholine rings is 1. The van der Waals surface area contributed by atoms with Gasteiger partial charge in [0.15, 0.2) is 0 Å². The number of aryl methyl sites for hydroxylation is 1. The van der Waals surface area contributed by atoms with Gasteiger partial charge in [-0.2, -0.15) is 0 Å². The molecule has 1 saturated carbocycles. The molecule has 0 aromatic carbocycles. The molecule has 1 aliphatic heterocycles. The van der Waals surface area contributed by atoms with Crippen LogP contribution in [0, 0.1) is 6.92 Å². The molecule has 0 spiro atoms. The summed E-state index contributed by atoms with van der Waals surface area (Å²) in [5, 5.41) is 1.28. The fraction of sp³-hybridized carbons (Fsp3) is 0.700. The van der Waals surface area contributed by atoms with E-state index in [1.807, 2.05) is 18.3 Å². The molecule has 136 valence electrons. The molecule has 5 heteroatoms. The second kappa shape index (κ2) is 6.93. The van der Waals surface area contributed by atoms with Crippen molar-refractivity contribution in [2.45, 2.75) is 70.9 Å². The SMILES string of the molecule is Cc1nc(CN2CCOCC2(C)C)c2cc(C3CCCCC3)sc2n1. The molecule has 0 unspecified atom stereocenters. The zero-order valence-corrected chi connectivity index (χ0v) is 16.5. The van der Waals surface area contributed by atoms with Crippen molar-refractivity contribution in [1.29, 1.82) is 0 Å². The molecule has 4 nitrogen and oxygen atoms in total. The maximum Gasteiger partial charge on any atom is 0.127 e. The molecule has 2 fully saturated rings. The lowest BCUT2D eigenvalue weighted by Crippen LogP contribution is -2.52. The Morgan fingerprint density at radius 2 is 2.04 bits per heavy atom. The van der Waals surface area contributed by atoms with Gasteiger partial charge in [0.1, 0.15) is 10.7 Å². The van der Waals surface area contributed by atoms with Gasteiger partial charge in [-0.15, -0.1) is 11.3 Å². The predicted molar refractivity (Wildman–Crippen MR) is 103 cm³/mol. The van der Waals surface area contributed by atoms with Crippen molar-refractivity contribution < 1.29 is 4.74 Å². The Bertz CT molecular complexity index is 749. The first-order chi connectivity index (χ1) is 12.0. The Morgan fingerprint density at radius 1 is 1.24 bits per heavy atom. The van der Waals surface area contributed by atoms with Crippen molar-refractivity contribution >= 4 is 21.6 Å². The Labute approximate surface area is 154 Å². The normalized spacial score (nSPS) is 22.5. The molecular formula is C20H29N3OS. The minimum Gasteiger partial charge on any atom is -0.378 e. The fourth-order valence-corrected chi connectivity index (χ4v) is 5.46. The molecule has 0 bridgehead atoms. The average Bonchev–Trinajstić information content (AvgIpc) is 3.01. The summed E-state index contributed by atoms with van der Waals surface area (Å²) in [5.74, 6) is 1.63. The lowest BCUT2D eigenvalue weighted by molar-refractivity contribution is -0.0556. The Hall–Kier alpha value is -1.04. The van der Waals surface area contributed by atoms with Gasteiger partial charge in [0.05, 0.1) is 18.9 Å². The van der Waals surface area contributed by atoms with Gasteiger partial charge >= 0.3 is 0 Å². The second-order valence-electron chi connectivity index (χ2n) is 8.21. The number of thiophene rings is 1. The summed E-state index contributed by atoms with van der Waals surface area (Å²) in [7, 11) is 0. The van der Waals surface area contributed by atoms with E-state index in [2.05, 4.69) is 24.8 Å². The smallest absolute Gasteiger partial charge is 0.127 e. The highest BCUT2D eigenvalue weighted by atomic mass is 32.1. The molecule has 0 amide bonds. The molecule has 1 aliphatic carbocycles. The molecule has 1 saturated heterocycles. The van der Waals surface area contributed by atoms with Gasteiger partial charge in [0, 0.05) is 28.9 Å². The maximum absolute atomic E-state index is 5.67. The van der Waals surface area contributed by atoms with Crippen LogP contribution < -0.4 is 0 Å². The first-order valence-electron chi connectivity index (χ1n) is 9.63. The molecule has 4 rings (SSSR count). The molecule has 0 N–H and O–H groups in total. The van der Waals surface area contributed by atoms with Crippen LogP contribution in [0.1, 0.15) is 68.3 Å². The number of fused-ring (bicyclic) bond motifs is 1. The average molecular weight is 360 g/mol. The van der Waals surface area contributed by atoms with Gasteiger partial charge in [-0.1, -0.05) is 19.3 Å². The van der Waals surface area contributed by atoms with Gasteiger partial charge < -0.3 is 4.74 Å². The Balaban J connectivity index is 1.66. The molecule has 2 aromatic rings. The van der Waals surface area contributed by atoms with Crippen LogP contribution in [0.4, 0.5) is 0 Å². The van der Waals surface area contributed by atoms with E-state index in [1.54, 1.807) is 0 Å². The van der Waals surface area contributed by atoms with Crippen LogP contribution in [0.3, 0.4) is 0 Å². The number of rotatable bonds is 3. The topological polar surface area (TPSA) is 38.2 Å². The number of ether oxygens (including phenoxy) is 1. The van der Waals surface area contributed by atoms with Crippen LogP contribution in [-0.4, -0.2) is 40.2 Å². The second-order valence-corrected chi connectivity index (χ2v) is 9.27. The molecule has 25 heavy (non-hydrogen) atoms. The van der Waals surface area contributed by atoms with E-state index >= 15 is 0 Å². The van der Waals surface area contributed by atoms with Crippen molar-refractivity contribution in [3.8, 4) is 0 Å². The minimum absolute atomic E-state index is 0.0612. The van der Waals surface area contributed by atoms with Crippen LogP contribution in [-0.2, 0) is 11.3 Å². The van der Waals surface area contributed by atoms with Gasteiger partial charge in [0.25, 0.3) is 0 Å². The number of hydrogen-bond donors (Lipinski definition) is 0. The number of nitrogens with zero attached hydrogens (tertiary/aromatic N) is 3. The summed E-state index contributed by atoms with van der Waals surface area (Å²) in [5.41, 5.74) is 1.25. The van der Waals surface area contributed by atoms with Crippen LogP contribution >= 0.6 is 11.3 Å². The third kappa shape index (κ3) is 3.60. The number of aromatic nitrogens is 2. The standard InChI is InChI=1S/C20H29N3OS/c1-14-21-17(12-23-9-10-24-13-20(23,2)3)16-11-18(25-19(16)22-14)15-7-5-4-6-8-15/h11,15H,4-10,12-13H2,1-3H3. The predicted octanol–water partition coefficient (Wildman–Crippen LogP) is 4.66. The van der Waals surface area contributed by atoms with Gasteiger partial charge in [-0.05, 0) is 45.6 Å². The summed E-state index contributed by atoms with van der Waals surface area (Å²) in [6, 6.07) is 2.40. The van der Waals surface area contributed by atoms with E-state index in [4.69, 9.17) is 14.7 Å². The summed E-state index contributed by atoms with van der Waals surface area (Å²) >= 11 is 1.90. The van der Waals surface area contributed by atoms with Crippen LogP contribution in [0.25, 0.3) is 10.2 Å². The Kier molecular flexibility index (Phi) is 4.82. The maximum atomic E-state index is 5.67. The minimum atomic E-state index is 0.0612. The lowest BCUT2D eigenvalue weighted by Gasteiger charge is -2.42. The van der Waals surface area contributed by atoms with E-state index in [1.165, 1.54) is 52.9 Å².